The Kier molecular flexibility index (Phi) is 2.59. The van der Waals surface area contributed by atoms with Crippen molar-refractivity contribution in [1.82, 2.24) is 20.0 Å². The number of rotatable bonds is 2. The van der Waals surface area contributed by atoms with Crippen LogP contribution in [0.2, 0.25) is 0 Å². The second-order valence-corrected chi connectivity index (χ2v) is 4.51. The van der Waals surface area contributed by atoms with E-state index < -0.39 is 0 Å². The summed E-state index contributed by atoms with van der Waals surface area (Å²) in [7, 11) is 0. The highest BCUT2D eigenvalue weighted by molar-refractivity contribution is 5.70. The summed E-state index contributed by atoms with van der Waals surface area (Å²) < 4.78 is 1.76. The highest BCUT2D eigenvalue weighted by Gasteiger charge is 2.16. The van der Waals surface area contributed by atoms with Gasteiger partial charge in [0.25, 0.3) is 0 Å². The SMILES string of the molecule is Cc1[nH]ncc1-c1nn(-c2ccccc2)c(N)c1C. The molecule has 3 N–H and O–H groups in total. The van der Waals surface area contributed by atoms with Crippen molar-refractivity contribution < 1.29 is 0 Å². The Bertz CT molecular complexity index is 709. The molecule has 0 saturated heterocycles. The van der Waals surface area contributed by atoms with E-state index in [2.05, 4.69) is 15.3 Å². The Morgan fingerprint density at radius 1 is 1.16 bits per heavy atom. The predicted molar refractivity (Wildman–Crippen MR) is 75.0 cm³/mol. The van der Waals surface area contributed by atoms with Gasteiger partial charge < -0.3 is 5.73 Å². The summed E-state index contributed by atoms with van der Waals surface area (Å²) in [6, 6.07) is 9.86. The molecule has 3 aromatic rings. The van der Waals surface area contributed by atoms with Crippen LogP contribution in [0.4, 0.5) is 5.82 Å². The summed E-state index contributed by atoms with van der Waals surface area (Å²) in [5.41, 5.74) is 10.9. The molecule has 19 heavy (non-hydrogen) atoms. The molecule has 0 aliphatic heterocycles. The van der Waals surface area contributed by atoms with Crippen molar-refractivity contribution in [2.24, 2.45) is 0 Å². The normalized spacial score (nSPS) is 10.8. The summed E-state index contributed by atoms with van der Waals surface area (Å²) in [4.78, 5) is 0. The largest absolute Gasteiger partial charge is 0.383 e. The Balaban J connectivity index is 2.18. The minimum Gasteiger partial charge on any atom is -0.383 e. The fraction of sp³-hybridized carbons (Fsp3) is 0.143. The maximum Gasteiger partial charge on any atom is 0.130 e. The zero-order valence-electron chi connectivity index (χ0n) is 10.9. The summed E-state index contributed by atoms with van der Waals surface area (Å²) in [5, 5.41) is 11.6. The molecular weight excluding hydrogens is 238 g/mol. The summed E-state index contributed by atoms with van der Waals surface area (Å²) in [6.45, 7) is 3.95. The zero-order valence-corrected chi connectivity index (χ0v) is 10.9. The molecule has 0 atom stereocenters. The van der Waals surface area contributed by atoms with Gasteiger partial charge in [-0.05, 0) is 26.0 Å². The third-order valence-electron chi connectivity index (χ3n) is 3.25. The molecule has 5 heteroatoms. The number of aromatic nitrogens is 4. The van der Waals surface area contributed by atoms with E-state index in [-0.39, 0.29) is 0 Å². The molecule has 0 fully saturated rings. The van der Waals surface area contributed by atoms with Gasteiger partial charge in [0.1, 0.15) is 11.5 Å². The van der Waals surface area contributed by atoms with E-state index in [1.807, 2.05) is 44.2 Å². The van der Waals surface area contributed by atoms with Gasteiger partial charge in [0.2, 0.25) is 0 Å². The Hall–Kier alpha value is -2.56. The number of nitrogens with one attached hydrogen (secondary N) is 1. The Labute approximate surface area is 111 Å². The number of nitrogens with zero attached hydrogens (tertiary/aromatic N) is 3. The molecule has 2 heterocycles. The van der Waals surface area contributed by atoms with Crippen molar-refractivity contribution in [3.05, 3.63) is 47.8 Å². The first-order chi connectivity index (χ1) is 9.18. The average molecular weight is 253 g/mol. The second kappa shape index (κ2) is 4.28. The van der Waals surface area contributed by atoms with Crippen LogP contribution in [0.3, 0.4) is 0 Å². The third-order valence-corrected chi connectivity index (χ3v) is 3.25. The maximum absolute atomic E-state index is 6.16. The lowest BCUT2D eigenvalue weighted by molar-refractivity contribution is 0.894. The van der Waals surface area contributed by atoms with Gasteiger partial charge in [0.05, 0.1) is 11.9 Å². The molecule has 0 spiro atoms. The number of H-pyrrole nitrogens is 1. The average Bonchev–Trinajstić information content (AvgIpc) is 2.97. The molecule has 1 aromatic carbocycles. The van der Waals surface area contributed by atoms with Crippen molar-refractivity contribution in [3.8, 4) is 16.9 Å². The highest BCUT2D eigenvalue weighted by atomic mass is 15.3. The number of aromatic amines is 1. The van der Waals surface area contributed by atoms with Gasteiger partial charge in [0, 0.05) is 16.8 Å². The van der Waals surface area contributed by atoms with E-state index in [1.54, 1.807) is 10.9 Å². The van der Waals surface area contributed by atoms with Crippen LogP contribution in [0.1, 0.15) is 11.3 Å². The van der Waals surface area contributed by atoms with Gasteiger partial charge in [-0.1, -0.05) is 18.2 Å². The van der Waals surface area contributed by atoms with Gasteiger partial charge in [0.15, 0.2) is 0 Å². The first-order valence-electron chi connectivity index (χ1n) is 6.09. The van der Waals surface area contributed by atoms with Crippen LogP contribution >= 0.6 is 0 Å². The Morgan fingerprint density at radius 3 is 2.53 bits per heavy atom. The molecule has 2 aromatic heterocycles. The number of para-hydroxylation sites is 1. The standard InChI is InChI=1S/C14H15N5/c1-9-13(12-8-16-17-10(12)2)18-19(14(9)15)11-6-4-3-5-7-11/h3-8H,15H2,1-2H3,(H,16,17). The summed E-state index contributed by atoms with van der Waals surface area (Å²) in [5.74, 6) is 0.654. The number of anilines is 1. The van der Waals surface area contributed by atoms with Gasteiger partial charge in [-0.2, -0.15) is 10.2 Å². The maximum atomic E-state index is 6.16. The van der Waals surface area contributed by atoms with E-state index in [1.165, 1.54) is 0 Å². The zero-order chi connectivity index (χ0) is 13.4. The van der Waals surface area contributed by atoms with Crippen LogP contribution in [0.5, 0.6) is 0 Å². The molecule has 5 nitrogen and oxygen atoms in total. The summed E-state index contributed by atoms with van der Waals surface area (Å²) in [6.07, 6.45) is 1.78. The monoisotopic (exact) mass is 253 g/mol. The fourth-order valence-corrected chi connectivity index (χ4v) is 2.12. The lowest BCUT2D eigenvalue weighted by atomic mass is 10.1. The van der Waals surface area contributed by atoms with Crippen LogP contribution in [0.15, 0.2) is 36.5 Å². The Morgan fingerprint density at radius 2 is 1.89 bits per heavy atom. The van der Waals surface area contributed by atoms with Crippen LogP contribution < -0.4 is 5.73 Å². The first kappa shape index (κ1) is 11.5. The molecular formula is C14H15N5. The smallest absolute Gasteiger partial charge is 0.130 e. The van der Waals surface area contributed by atoms with E-state index in [0.29, 0.717) is 5.82 Å². The van der Waals surface area contributed by atoms with Crippen LogP contribution in [-0.4, -0.2) is 20.0 Å². The van der Waals surface area contributed by atoms with Gasteiger partial charge in [-0.25, -0.2) is 4.68 Å². The molecule has 0 radical (unpaired) electrons. The van der Waals surface area contributed by atoms with Crippen LogP contribution in [-0.2, 0) is 0 Å². The van der Waals surface area contributed by atoms with Crippen LogP contribution in [0, 0.1) is 13.8 Å². The molecule has 0 bridgehead atoms. The van der Waals surface area contributed by atoms with Crippen molar-refractivity contribution in [2.45, 2.75) is 13.8 Å². The number of benzene rings is 1. The predicted octanol–water partition coefficient (Wildman–Crippen LogP) is 2.46. The minimum absolute atomic E-state index is 0.654. The van der Waals surface area contributed by atoms with E-state index in [0.717, 1.165) is 28.2 Å². The third kappa shape index (κ3) is 1.79. The summed E-state index contributed by atoms with van der Waals surface area (Å²) >= 11 is 0. The molecule has 0 unspecified atom stereocenters. The lowest BCUT2D eigenvalue weighted by Crippen LogP contribution is -2.01. The van der Waals surface area contributed by atoms with Crippen LogP contribution in [0.25, 0.3) is 16.9 Å². The number of aryl methyl sites for hydroxylation is 1. The molecule has 0 amide bonds. The fourth-order valence-electron chi connectivity index (χ4n) is 2.12. The number of hydrogen-bond acceptors (Lipinski definition) is 3. The van der Waals surface area contributed by atoms with Crippen molar-refractivity contribution >= 4 is 5.82 Å². The molecule has 96 valence electrons. The molecule has 3 rings (SSSR count). The lowest BCUT2D eigenvalue weighted by Gasteiger charge is -2.02. The highest BCUT2D eigenvalue weighted by Crippen LogP contribution is 2.29. The topological polar surface area (TPSA) is 72.5 Å². The van der Waals surface area contributed by atoms with Gasteiger partial charge in [-0.3, -0.25) is 5.10 Å². The van der Waals surface area contributed by atoms with Crippen molar-refractivity contribution in [1.29, 1.82) is 0 Å². The van der Waals surface area contributed by atoms with Crippen molar-refractivity contribution in [3.63, 3.8) is 0 Å². The molecule has 0 aliphatic rings. The number of nitrogens with two attached hydrogens (primary N) is 1. The second-order valence-electron chi connectivity index (χ2n) is 4.51. The van der Waals surface area contributed by atoms with Crippen molar-refractivity contribution in [2.75, 3.05) is 5.73 Å². The first-order valence-corrected chi connectivity index (χ1v) is 6.09. The molecule has 0 saturated carbocycles. The van der Waals surface area contributed by atoms with E-state index in [4.69, 9.17) is 5.73 Å². The minimum atomic E-state index is 0.654. The van der Waals surface area contributed by atoms with Gasteiger partial charge >= 0.3 is 0 Å². The number of hydrogen-bond donors (Lipinski definition) is 2. The van der Waals surface area contributed by atoms with E-state index >= 15 is 0 Å². The molecule has 0 aliphatic carbocycles. The number of nitrogen functional groups attached to an aromatic ring is 1. The van der Waals surface area contributed by atoms with Gasteiger partial charge in [-0.15, -0.1) is 0 Å². The quantitative estimate of drug-likeness (QED) is 0.736. The van der Waals surface area contributed by atoms with E-state index in [9.17, 15) is 0 Å².